The molecule has 0 bridgehead atoms. The lowest BCUT2D eigenvalue weighted by Crippen LogP contribution is -2.32. The van der Waals surface area contributed by atoms with Crippen LogP contribution >= 0.6 is 0 Å². The number of amides is 1. The highest BCUT2D eigenvalue weighted by atomic mass is 16.5. The van der Waals surface area contributed by atoms with Crippen LogP contribution in [0.15, 0.2) is 12.3 Å². The monoisotopic (exact) mass is 252 g/mol. The molecule has 0 saturated heterocycles. The summed E-state index contributed by atoms with van der Waals surface area (Å²) < 4.78 is 4.89. The fraction of sp³-hybridized carbons (Fsp3) is 0.417. The van der Waals surface area contributed by atoms with Gasteiger partial charge in [-0.05, 0) is 25.5 Å². The summed E-state index contributed by atoms with van der Waals surface area (Å²) in [6.07, 6.45) is 1.44. The average molecular weight is 252 g/mol. The average Bonchev–Trinajstić information content (AvgIpc) is 2.28. The second kappa shape index (κ2) is 6.11. The topological polar surface area (TPSA) is 88.5 Å². The van der Waals surface area contributed by atoms with Gasteiger partial charge in [0.25, 0.3) is 5.91 Å². The molecule has 0 fully saturated rings. The summed E-state index contributed by atoms with van der Waals surface area (Å²) in [5.74, 6) is -1.68. The minimum absolute atomic E-state index is 0.0837. The van der Waals surface area contributed by atoms with Gasteiger partial charge in [-0.15, -0.1) is 0 Å². The highest BCUT2D eigenvalue weighted by Crippen LogP contribution is 2.10. The number of carbonyl (C=O) groups excluding carboxylic acids is 1. The Morgan fingerprint density at radius 3 is 2.67 bits per heavy atom. The molecule has 1 amide bonds. The van der Waals surface area contributed by atoms with Crippen molar-refractivity contribution >= 4 is 11.9 Å². The first-order valence-electron chi connectivity index (χ1n) is 5.47. The van der Waals surface area contributed by atoms with E-state index in [1.54, 1.807) is 13.8 Å². The van der Waals surface area contributed by atoms with Gasteiger partial charge in [-0.25, -0.2) is 9.78 Å². The van der Waals surface area contributed by atoms with E-state index in [2.05, 4.69) is 10.3 Å². The first kappa shape index (κ1) is 14.1. The van der Waals surface area contributed by atoms with Gasteiger partial charge in [0.2, 0.25) is 0 Å². The molecular weight excluding hydrogens is 236 g/mol. The fourth-order valence-electron chi connectivity index (χ4n) is 1.43. The minimum Gasteiger partial charge on any atom is -0.478 e. The Morgan fingerprint density at radius 2 is 2.17 bits per heavy atom. The van der Waals surface area contributed by atoms with E-state index < -0.39 is 11.9 Å². The van der Waals surface area contributed by atoms with E-state index >= 15 is 0 Å². The predicted octanol–water partition coefficient (Wildman–Crippen LogP) is 1.06. The number of pyridine rings is 1. The van der Waals surface area contributed by atoms with Crippen LogP contribution < -0.4 is 5.32 Å². The minimum atomic E-state index is -1.19. The van der Waals surface area contributed by atoms with E-state index in [1.165, 1.54) is 19.4 Å². The molecule has 0 aliphatic carbocycles. The molecule has 0 spiro atoms. The van der Waals surface area contributed by atoms with Gasteiger partial charge in [0.15, 0.2) is 0 Å². The van der Waals surface area contributed by atoms with Crippen LogP contribution in [0.3, 0.4) is 0 Å². The lowest BCUT2D eigenvalue weighted by atomic mass is 10.1. The van der Waals surface area contributed by atoms with Crippen LogP contribution in [0.2, 0.25) is 0 Å². The highest BCUT2D eigenvalue weighted by Gasteiger charge is 2.19. The molecule has 0 aliphatic rings. The molecule has 0 aliphatic heterocycles. The van der Waals surface area contributed by atoms with Crippen molar-refractivity contribution in [1.29, 1.82) is 0 Å². The maximum absolute atomic E-state index is 11.8. The number of nitrogens with one attached hydrogen (secondary N) is 1. The number of ether oxygens (including phenoxy) is 1. The number of hydrogen-bond donors (Lipinski definition) is 2. The molecule has 98 valence electrons. The van der Waals surface area contributed by atoms with Crippen molar-refractivity contribution in [1.82, 2.24) is 10.3 Å². The number of carbonyl (C=O) groups is 2. The van der Waals surface area contributed by atoms with Crippen molar-refractivity contribution in [2.24, 2.45) is 0 Å². The normalized spacial score (nSPS) is 10.4. The molecule has 0 radical (unpaired) electrons. The zero-order valence-corrected chi connectivity index (χ0v) is 10.6. The van der Waals surface area contributed by atoms with Gasteiger partial charge in [0, 0.05) is 19.3 Å². The Labute approximate surface area is 105 Å². The third-order valence-corrected chi connectivity index (χ3v) is 2.12. The SMILES string of the molecule is COCc1cnc(C(=O)NC(C)C)c(C(=O)O)c1. The summed E-state index contributed by atoms with van der Waals surface area (Å²) in [6.45, 7) is 3.83. The number of nitrogens with zero attached hydrogens (tertiary/aromatic N) is 1. The zero-order chi connectivity index (χ0) is 13.7. The van der Waals surface area contributed by atoms with Crippen molar-refractivity contribution < 1.29 is 19.4 Å². The van der Waals surface area contributed by atoms with E-state index in [0.29, 0.717) is 5.56 Å². The standard InChI is InChI=1S/C12H16N2O4/c1-7(2)14-11(15)10-9(12(16)17)4-8(5-13-10)6-18-3/h4-5,7H,6H2,1-3H3,(H,14,15)(H,16,17). The van der Waals surface area contributed by atoms with E-state index in [-0.39, 0.29) is 23.9 Å². The summed E-state index contributed by atoms with van der Waals surface area (Å²) in [4.78, 5) is 26.8. The van der Waals surface area contributed by atoms with Crippen LogP contribution in [0.4, 0.5) is 0 Å². The quantitative estimate of drug-likeness (QED) is 0.818. The van der Waals surface area contributed by atoms with Crippen molar-refractivity contribution in [2.45, 2.75) is 26.5 Å². The molecule has 0 unspecified atom stereocenters. The largest absolute Gasteiger partial charge is 0.478 e. The number of carboxylic acid groups (broad SMARTS) is 1. The lowest BCUT2D eigenvalue weighted by Gasteiger charge is -2.10. The Balaban J connectivity index is 3.11. The maximum atomic E-state index is 11.8. The second-order valence-corrected chi connectivity index (χ2v) is 4.11. The summed E-state index contributed by atoms with van der Waals surface area (Å²) in [5.41, 5.74) is 0.398. The van der Waals surface area contributed by atoms with Crippen LogP contribution in [0.25, 0.3) is 0 Å². The van der Waals surface area contributed by atoms with Crippen molar-refractivity contribution in [2.75, 3.05) is 7.11 Å². The second-order valence-electron chi connectivity index (χ2n) is 4.11. The summed E-state index contributed by atoms with van der Waals surface area (Å²) >= 11 is 0. The molecule has 1 aromatic rings. The molecule has 0 atom stereocenters. The number of aromatic nitrogens is 1. The van der Waals surface area contributed by atoms with E-state index in [0.717, 1.165) is 0 Å². The van der Waals surface area contributed by atoms with Gasteiger partial charge in [0.1, 0.15) is 5.69 Å². The molecule has 6 heteroatoms. The van der Waals surface area contributed by atoms with Crippen LogP contribution in [0, 0.1) is 0 Å². The van der Waals surface area contributed by atoms with Gasteiger partial charge in [0.05, 0.1) is 12.2 Å². The smallest absolute Gasteiger partial charge is 0.338 e. The van der Waals surface area contributed by atoms with Crippen molar-refractivity contribution in [3.8, 4) is 0 Å². The molecular formula is C12H16N2O4. The van der Waals surface area contributed by atoms with Crippen LogP contribution in [-0.4, -0.2) is 35.1 Å². The van der Waals surface area contributed by atoms with Crippen molar-refractivity contribution in [3.63, 3.8) is 0 Å². The van der Waals surface area contributed by atoms with Gasteiger partial charge < -0.3 is 15.2 Å². The van der Waals surface area contributed by atoms with Gasteiger partial charge in [-0.3, -0.25) is 4.79 Å². The van der Waals surface area contributed by atoms with Crippen LogP contribution in [0.1, 0.15) is 40.3 Å². The first-order valence-corrected chi connectivity index (χ1v) is 5.47. The molecule has 6 nitrogen and oxygen atoms in total. The van der Waals surface area contributed by atoms with E-state index in [4.69, 9.17) is 9.84 Å². The third kappa shape index (κ3) is 3.53. The molecule has 1 rings (SSSR count). The van der Waals surface area contributed by atoms with E-state index in [1.807, 2.05) is 0 Å². The summed E-state index contributed by atoms with van der Waals surface area (Å²) in [6, 6.07) is 1.31. The Kier molecular flexibility index (Phi) is 4.79. The highest BCUT2D eigenvalue weighted by molar-refractivity contribution is 6.03. The van der Waals surface area contributed by atoms with Gasteiger partial charge in [-0.1, -0.05) is 0 Å². The van der Waals surface area contributed by atoms with Gasteiger partial charge >= 0.3 is 5.97 Å². The molecule has 0 saturated carbocycles. The molecule has 0 aromatic carbocycles. The zero-order valence-electron chi connectivity index (χ0n) is 10.6. The predicted molar refractivity (Wildman–Crippen MR) is 64.5 cm³/mol. The van der Waals surface area contributed by atoms with Crippen molar-refractivity contribution in [3.05, 3.63) is 29.1 Å². The number of hydrogen-bond acceptors (Lipinski definition) is 4. The molecule has 1 aromatic heterocycles. The summed E-state index contributed by atoms with van der Waals surface area (Å²) in [5, 5.41) is 11.7. The number of carboxylic acids is 1. The lowest BCUT2D eigenvalue weighted by molar-refractivity contribution is 0.0689. The molecule has 18 heavy (non-hydrogen) atoms. The van der Waals surface area contributed by atoms with Crippen LogP contribution in [-0.2, 0) is 11.3 Å². The third-order valence-electron chi connectivity index (χ3n) is 2.12. The summed E-state index contributed by atoms with van der Waals surface area (Å²) in [7, 11) is 1.50. The number of rotatable bonds is 5. The van der Waals surface area contributed by atoms with Crippen LogP contribution in [0.5, 0.6) is 0 Å². The molecule has 1 heterocycles. The fourth-order valence-corrected chi connectivity index (χ4v) is 1.43. The number of aromatic carboxylic acids is 1. The maximum Gasteiger partial charge on any atom is 0.338 e. The Bertz CT molecular complexity index is 457. The Hall–Kier alpha value is -1.95. The molecule has 2 N–H and O–H groups in total. The van der Waals surface area contributed by atoms with Gasteiger partial charge in [-0.2, -0.15) is 0 Å². The van der Waals surface area contributed by atoms with E-state index in [9.17, 15) is 9.59 Å². The Morgan fingerprint density at radius 1 is 1.50 bits per heavy atom. The first-order chi connectivity index (χ1) is 8.45. The number of methoxy groups -OCH3 is 1.